The van der Waals surface area contributed by atoms with Crippen molar-refractivity contribution in [2.45, 2.75) is 50.2 Å². The molecule has 0 aliphatic rings. The molecule has 6 heteroatoms. The Balaban J connectivity index is 2.23. The number of fused-ring (bicyclic) bond motifs is 1. The van der Waals surface area contributed by atoms with E-state index in [0.717, 1.165) is 16.2 Å². The van der Waals surface area contributed by atoms with Gasteiger partial charge in [-0.1, -0.05) is 23.9 Å². The Morgan fingerprint density at radius 1 is 1.39 bits per heavy atom. The predicted octanol–water partition coefficient (Wildman–Crippen LogP) is 3.08. The second kappa shape index (κ2) is 7.36. The zero-order chi connectivity index (χ0) is 17.0. The maximum absolute atomic E-state index is 12.3. The van der Waals surface area contributed by atoms with Crippen LogP contribution in [0.5, 0.6) is 0 Å². The second-order valence-corrected chi connectivity index (χ2v) is 7.83. The van der Waals surface area contributed by atoms with E-state index in [1.807, 2.05) is 52.0 Å². The number of carbonyl (C=O) groups is 1. The molecular formula is C17H25N3O2S. The van der Waals surface area contributed by atoms with Gasteiger partial charge in [-0.3, -0.25) is 4.79 Å². The highest BCUT2D eigenvalue weighted by Gasteiger charge is 2.22. The van der Waals surface area contributed by atoms with Gasteiger partial charge in [0.15, 0.2) is 5.16 Å². The average Bonchev–Trinajstić information content (AvgIpc) is 2.80. The van der Waals surface area contributed by atoms with Crippen LogP contribution in [0.2, 0.25) is 0 Å². The Hall–Kier alpha value is -1.53. The van der Waals surface area contributed by atoms with Crippen molar-refractivity contribution < 1.29 is 9.53 Å². The molecule has 1 aromatic heterocycles. The van der Waals surface area contributed by atoms with Crippen molar-refractivity contribution in [3.63, 3.8) is 0 Å². The molecule has 23 heavy (non-hydrogen) atoms. The minimum absolute atomic E-state index is 0.0212. The number of imidazole rings is 1. The summed E-state index contributed by atoms with van der Waals surface area (Å²) in [6.45, 7) is 9.18. The average molecular weight is 335 g/mol. The molecule has 0 fully saturated rings. The summed E-state index contributed by atoms with van der Waals surface area (Å²) in [4.78, 5) is 17.0. The smallest absolute Gasteiger partial charge is 0.233 e. The van der Waals surface area contributed by atoms with Crippen molar-refractivity contribution in [1.82, 2.24) is 14.9 Å². The number of carbonyl (C=O) groups excluding carboxylic acids is 1. The van der Waals surface area contributed by atoms with Gasteiger partial charge >= 0.3 is 0 Å². The van der Waals surface area contributed by atoms with Crippen molar-refractivity contribution in [1.29, 1.82) is 0 Å². The molecule has 1 unspecified atom stereocenters. The summed E-state index contributed by atoms with van der Waals surface area (Å²) in [5.74, 6) is 0.0212. The number of nitrogens with zero attached hydrogens (tertiary/aromatic N) is 2. The molecule has 0 saturated carbocycles. The highest BCUT2D eigenvalue weighted by atomic mass is 32.2. The van der Waals surface area contributed by atoms with Crippen LogP contribution in [0, 0.1) is 0 Å². The standard InChI is InChI=1S/C17H25N3O2S/c1-12(15(21)19-17(2,3)4)23-16-18-13-8-6-7-9-14(13)20(16)10-11-22-5/h6-9,12H,10-11H2,1-5H3,(H,19,21). The van der Waals surface area contributed by atoms with Crippen LogP contribution in [0.25, 0.3) is 11.0 Å². The molecular weight excluding hydrogens is 310 g/mol. The third-order valence-electron chi connectivity index (χ3n) is 3.29. The number of ether oxygens (including phenoxy) is 1. The van der Waals surface area contributed by atoms with Crippen molar-refractivity contribution in [2.24, 2.45) is 0 Å². The van der Waals surface area contributed by atoms with E-state index in [1.165, 1.54) is 11.8 Å². The zero-order valence-corrected chi connectivity index (χ0v) is 15.2. The van der Waals surface area contributed by atoms with Crippen molar-refractivity contribution in [3.05, 3.63) is 24.3 Å². The van der Waals surface area contributed by atoms with E-state index in [0.29, 0.717) is 13.2 Å². The zero-order valence-electron chi connectivity index (χ0n) is 14.4. The number of benzene rings is 1. The van der Waals surface area contributed by atoms with Crippen molar-refractivity contribution >= 4 is 28.7 Å². The summed E-state index contributed by atoms with van der Waals surface area (Å²) in [5, 5.41) is 3.65. The number of aromatic nitrogens is 2. The highest BCUT2D eigenvalue weighted by Crippen LogP contribution is 2.27. The highest BCUT2D eigenvalue weighted by molar-refractivity contribution is 8.00. The van der Waals surface area contributed by atoms with E-state index in [9.17, 15) is 4.79 Å². The summed E-state index contributed by atoms with van der Waals surface area (Å²) in [5.41, 5.74) is 1.77. The van der Waals surface area contributed by atoms with Gasteiger partial charge in [0.2, 0.25) is 5.91 Å². The first-order valence-electron chi connectivity index (χ1n) is 7.74. The topological polar surface area (TPSA) is 56.1 Å². The third kappa shape index (κ3) is 4.72. The van der Waals surface area contributed by atoms with E-state index in [1.54, 1.807) is 7.11 Å². The lowest BCUT2D eigenvalue weighted by Crippen LogP contribution is -2.44. The molecule has 0 aliphatic heterocycles. The first kappa shape index (κ1) is 17.8. The summed E-state index contributed by atoms with van der Waals surface area (Å²) in [6, 6.07) is 8.00. The van der Waals surface area contributed by atoms with Crippen LogP contribution in [0.3, 0.4) is 0 Å². The predicted molar refractivity (Wildman–Crippen MR) is 94.8 cm³/mol. The van der Waals surface area contributed by atoms with Crippen LogP contribution < -0.4 is 5.32 Å². The number of rotatable bonds is 6. The van der Waals surface area contributed by atoms with Crippen LogP contribution in [-0.2, 0) is 16.1 Å². The molecule has 2 rings (SSSR count). The molecule has 1 amide bonds. The summed E-state index contributed by atoms with van der Waals surface area (Å²) in [6.07, 6.45) is 0. The SMILES string of the molecule is COCCn1c(SC(C)C(=O)NC(C)(C)C)nc2ccccc21. The van der Waals surface area contributed by atoms with E-state index in [2.05, 4.69) is 14.9 Å². The monoisotopic (exact) mass is 335 g/mol. The van der Waals surface area contributed by atoms with E-state index in [-0.39, 0.29) is 16.7 Å². The lowest BCUT2D eigenvalue weighted by molar-refractivity contribution is -0.121. The third-order valence-corrected chi connectivity index (χ3v) is 4.38. The summed E-state index contributed by atoms with van der Waals surface area (Å²) < 4.78 is 7.32. The van der Waals surface area contributed by atoms with E-state index in [4.69, 9.17) is 4.74 Å². The fourth-order valence-corrected chi connectivity index (χ4v) is 3.18. The number of amides is 1. The normalized spacial score (nSPS) is 13.3. The van der Waals surface area contributed by atoms with Gasteiger partial charge in [-0.2, -0.15) is 0 Å². The Morgan fingerprint density at radius 3 is 2.74 bits per heavy atom. The molecule has 5 nitrogen and oxygen atoms in total. The fraction of sp³-hybridized carbons (Fsp3) is 0.529. The molecule has 0 bridgehead atoms. The quantitative estimate of drug-likeness (QED) is 0.824. The number of methoxy groups -OCH3 is 1. The Labute approximate surface area is 141 Å². The van der Waals surface area contributed by atoms with Gasteiger partial charge in [0, 0.05) is 19.2 Å². The van der Waals surface area contributed by atoms with Gasteiger partial charge in [-0.25, -0.2) is 4.98 Å². The van der Waals surface area contributed by atoms with Crippen LogP contribution in [-0.4, -0.2) is 40.0 Å². The number of hydrogen-bond donors (Lipinski definition) is 1. The number of para-hydroxylation sites is 2. The van der Waals surface area contributed by atoms with Crippen molar-refractivity contribution in [3.8, 4) is 0 Å². The first-order valence-corrected chi connectivity index (χ1v) is 8.62. The molecule has 126 valence electrons. The molecule has 0 saturated heterocycles. The van der Waals surface area contributed by atoms with Gasteiger partial charge in [-0.05, 0) is 39.8 Å². The van der Waals surface area contributed by atoms with Gasteiger partial charge in [0.05, 0.1) is 22.9 Å². The molecule has 0 aliphatic carbocycles. The second-order valence-electron chi connectivity index (χ2n) is 6.53. The first-order chi connectivity index (χ1) is 10.8. The molecule has 1 aromatic carbocycles. The number of nitrogens with one attached hydrogen (secondary N) is 1. The van der Waals surface area contributed by atoms with E-state index >= 15 is 0 Å². The van der Waals surface area contributed by atoms with Gasteiger partial charge in [0.25, 0.3) is 0 Å². The largest absolute Gasteiger partial charge is 0.383 e. The lowest BCUT2D eigenvalue weighted by Gasteiger charge is -2.23. The summed E-state index contributed by atoms with van der Waals surface area (Å²) in [7, 11) is 1.69. The maximum Gasteiger partial charge on any atom is 0.233 e. The number of thioether (sulfide) groups is 1. The Kier molecular flexibility index (Phi) is 5.70. The molecule has 1 N–H and O–H groups in total. The minimum atomic E-state index is -0.234. The molecule has 1 heterocycles. The molecule has 0 spiro atoms. The Morgan fingerprint density at radius 2 is 2.09 bits per heavy atom. The van der Waals surface area contributed by atoms with Gasteiger partial charge in [0.1, 0.15) is 0 Å². The van der Waals surface area contributed by atoms with Crippen LogP contribution in [0.4, 0.5) is 0 Å². The van der Waals surface area contributed by atoms with Crippen molar-refractivity contribution in [2.75, 3.05) is 13.7 Å². The van der Waals surface area contributed by atoms with E-state index < -0.39 is 0 Å². The van der Waals surface area contributed by atoms with Gasteiger partial charge in [-0.15, -0.1) is 0 Å². The minimum Gasteiger partial charge on any atom is -0.383 e. The lowest BCUT2D eigenvalue weighted by atomic mass is 10.1. The van der Waals surface area contributed by atoms with Crippen LogP contribution >= 0.6 is 11.8 Å². The Bertz CT molecular complexity index is 676. The molecule has 1 atom stereocenters. The molecule has 0 radical (unpaired) electrons. The summed E-state index contributed by atoms with van der Waals surface area (Å²) >= 11 is 1.48. The van der Waals surface area contributed by atoms with Crippen LogP contribution in [0.1, 0.15) is 27.7 Å². The maximum atomic E-state index is 12.3. The van der Waals surface area contributed by atoms with Gasteiger partial charge < -0.3 is 14.6 Å². The fourth-order valence-electron chi connectivity index (χ4n) is 2.22. The molecule has 2 aromatic rings. The number of hydrogen-bond acceptors (Lipinski definition) is 4. The van der Waals surface area contributed by atoms with Crippen LogP contribution in [0.15, 0.2) is 29.4 Å².